The summed E-state index contributed by atoms with van der Waals surface area (Å²) in [6.45, 7) is 4.88. The minimum atomic E-state index is -0.208. The van der Waals surface area contributed by atoms with E-state index in [4.69, 9.17) is 5.26 Å². The van der Waals surface area contributed by atoms with Gasteiger partial charge in [0.05, 0.1) is 6.07 Å². The molecule has 0 aromatic rings. The van der Waals surface area contributed by atoms with Crippen LogP contribution < -0.4 is 0 Å². The van der Waals surface area contributed by atoms with Crippen molar-refractivity contribution in [1.82, 2.24) is 4.90 Å². The minimum absolute atomic E-state index is 0.174. The van der Waals surface area contributed by atoms with E-state index in [2.05, 4.69) is 13.0 Å². The number of piperidine rings is 1. The van der Waals surface area contributed by atoms with E-state index in [1.807, 2.05) is 6.92 Å². The van der Waals surface area contributed by atoms with Crippen molar-refractivity contribution in [1.29, 1.82) is 5.26 Å². The summed E-state index contributed by atoms with van der Waals surface area (Å²) in [5.41, 5.74) is 0. The number of amides is 1. The fraction of sp³-hybridized carbons (Fsp3) is 0.833. The monoisotopic (exact) mass is 208 g/mol. The first-order valence-electron chi connectivity index (χ1n) is 5.92. The summed E-state index contributed by atoms with van der Waals surface area (Å²) < 4.78 is 0. The number of carbonyl (C=O) groups excluding carboxylic acids is 1. The number of hydrogen-bond donors (Lipinski definition) is 0. The van der Waals surface area contributed by atoms with E-state index in [-0.39, 0.29) is 11.9 Å². The summed E-state index contributed by atoms with van der Waals surface area (Å²) >= 11 is 0. The molecule has 15 heavy (non-hydrogen) atoms. The molecule has 1 aliphatic rings. The Morgan fingerprint density at radius 3 is 2.80 bits per heavy atom. The molecular weight excluding hydrogens is 188 g/mol. The van der Waals surface area contributed by atoms with Crippen LogP contribution in [0.4, 0.5) is 0 Å². The van der Waals surface area contributed by atoms with Crippen LogP contribution in [0.15, 0.2) is 0 Å². The van der Waals surface area contributed by atoms with Crippen LogP contribution in [0.1, 0.15) is 46.0 Å². The van der Waals surface area contributed by atoms with Crippen LogP contribution in [-0.2, 0) is 4.79 Å². The van der Waals surface area contributed by atoms with Gasteiger partial charge in [-0.3, -0.25) is 4.79 Å². The second kappa shape index (κ2) is 5.75. The Labute approximate surface area is 92.1 Å². The van der Waals surface area contributed by atoms with Crippen molar-refractivity contribution in [3.05, 3.63) is 0 Å². The molecule has 1 aliphatic heterocycles. The number of nitrogens with zero attached hydrogens (tertiary/aromatic N) is 2. The molecule has 0 saturated carbocycles. The molecule has 3 nitrogen and oxygen atoms in total. The van der Waals surface area contributed by atoms with Crippen molar-refractivity contribution < 1.29 is 4.79 Å². The maximum Gasteiger partial charge on any atom is 0.223 e. The zero-order valence-electron chi connectivity index (χ0n) is 9.70. The van der Waals surface area contributed by atoms with Gasteiger partial charge < -0.3 is 4.90 Å². The third-order valence-electron chi connectivity index (χ3n) is 3.17. The molecule has 0 N–H and O–H groups in total. The highest BCUT2D eigenvalue weighted by Crippen LogP contribution is 2.24. The summed E-state index contributed by atoms with van der Waals surface area (Å²) in [4.78, 5) is 13.6. The summed E-state index contributed by atoms with van der Waals surface area (Å²) in [6, 6.07) is 2.00. The van der Waals surface area contributed by atoms with Gasteiger partial charge in [-0.25, -0.2) is 0 Å². The van der Waals surface area contributed by atoms with Crippen molar-refractivity contribution in [3.8, 4) is 6.07 Å². The zero-order chi connectivity index (χ0) is 11.3. The van der Waals surface area contributed by atoms with Crippen LogP contribution >= 0.6 is 0 Å². The lowest BCUT2D eigenvalue weighted by Gasteiger charge is -2.34. The molecule has 0 bridgehead atoms. The van der Waals surface area contributed by atoms with Gasteiger partial charge >= 0.3 is 0 Å². The molecule has 0 radical (unpaired) electrons. The predicted octanol–water partition coefficient (Wildman–Crippen LogP) is 2.33. The second-order valence-electron chi connectivity index (χ2n) is 4.29. The molecule has 1 saturated heterocycles. The molecule has 0 aromatic heterocycles. The normalized spacial score (nSPS) is 23.7. The van der Waals surface area contributed by atoms with Crippen LogP contribution in [0, 0.1) is 17.2 Å². The van der Waals surface area contributed by atoms with E-state index in [0.717, 1.165) is 32.2 Å². The Bertz CT molecular complexity index is 257. The smallest absolute Gasteiger partial charge is 0.223 e. The van der Waals surface area contributed by atoms with Crippen molar-refractivity contribution in [3.63, 3.8) is 0 Å². The van der Waals surface area contributed by atoms with Gasteiger partial charge in [0.1, 0.15) is 6.04 Å². The molecule has 0 spiro atoms. The van der Waals surface area contributed by atoms with E-state index < -0.39 is 0 Å². The van der Waals surface area contributed by atoms with Gasteiger partial charge in [0.25, 0.3) is 0 Å². The minimum Gasteiger partial charge on any atom is -0.327 e. The number of nitriles is 1. The molecular formula is C12H20N2O. The average molecular weight is 208 g/mol. The Morgan fingerprint density at radius 2 is 2.33 bits per heavy atom. The lowest BCUT2D eigenvalue weighted by molar-refractivity contribution is -0.136. The Morgan fingerprint density at radius 1 is 1.60 bits per heavy atom. The predicted molar refractivity (Wildman–Crippen MR) is 59.0 cm³/mol. The fourth-order valence-corrected chi connectivity index (χ4v) is 2.28. The van der Waals surface area contributed by atoms with Gasteiger partial charge in [-0.05, 0) is 18.8 Å². The van der Waals surface area contributed by atoms with Gasteiger partial charge in [-0.1, -0.05) is 26.7 Å². The largest absolute Gasteiger partial charge is 0.327 e. The second-order valence-corrected chi connectivity index (χ2v) is 4.29. The molecule has 2 unspecified atom stereocenters. The maximum absolute atomic E-state index is 11.8. The third kappa shape index (κ3) is 2.95. The lowest BCUT2D eigenvalue weighted by atomic mass is 9.91. The van der Waals surface area contributed by atoms with Crippen molar-refractivity contribution in [2.24, 2.45) is 5.92 Å². The van der Waals surface area contributed by atoms with Crippen LogP contribution in [0.3, 0.4) is 0 Å². The van der Waals surface area contributed by atoms with Gasteiger partial charge in [0.2, 0.25) is 5.91 Å². The molecule has 2 atom stereocenters. The van der Waals surface area contributed by atoms with Crippen LogP contribution in [-0.4, -0.2) is 23.4 Å². The van der Waals surface area contributed by atoms with Crippen molar-refractivity contribution in [2.45, 2.75) is 52.0 Å². The summed E-state index contributed by atoms with van der Waals surface area (Å²) in [6.07, 6.45) is 4.74. The zero-order valence-corrected chi connectivity index (χ0v) is 9.70. The SMILES string of the molecule is CCCC1CCN(C(C#N)CC)C(=O)C1. The van der Waals surface area contributed by atoms with Crippen LogP contribution in [0.2, 0.25) is 0 Å². The number of likely N-dealkylation sites (tertiary alicyclic amines) is 1. The first-order chi connectivity index (χ1) is 7.22. The van der Waals surface area contributed by atoms with E-state index in [1.54, 1.807) is 4.90 Å². The molecule has 1 heterocycles. The molecule has 0 aliphatic carbocycles. The standard InChI is InChI=1S/C12H20N2O/c1-3-5-10-6-7-14(12(15)8-10)11(4-2)9-13/h10-11H,3-8H2,1-2H3. The van der Waals surface area contributed by atoms with Gasteiger partial charge in [0.15, 0.2) is 0 Å². The maximum atomic E-state index is 11.8. The molecule has 0 aromatic carbocycles. The molecule has 3 heteroatoms. The highest BCUT2D eigenvalue weighted by Gasteiger charge is 2.29. The Balaban J connectivity index is 2.53. The van der Waals surface area contributed by atoms with Crippen LogP contribution in [0.5, 0.6) is 0 Å². The van der Waals surface area contributed by atoms with Crippen molar-refractivity contribution in [2.75, 3.05) is 6.54 Å². The van der Waals surface area contributed by atoms with Gasteiger partial charge in [0, 0.05) is 13.0 Å². The molecule has 84 valence electrons. The fourth-order valence-electron chi connectivity index (χ4n) is 2.28. The highest BCUT2D eigenvalue weighted by molar-refractivity contribution is 5.77. The first kappa shape index (κ1) is 12.0. The molecule has 1 fully saturated rings. The average Bonchev–Trinajstić information content (AvgIpc) is 2.23. The van der Waals surface area contributed by atoms with E-state index >= 15 is 0 Å². The summed E-state index contributed by atoms with van der Waals surface area (Å²) in [5.74, 6) is 0.725. The summed E-state index contributed by atoms with van der Waals surface area (Å²) in [7, 11) is 0. The Kier molecular flexibility index (Phi) is 4.61. The first-order valence-corrected chi connectivity index (χ1v) is 5.92. The number of carbonyl (C=O) groups is 1. The van der Waals surface area contributed by atoms with Crippen LogP contribution in [0.25, 0.3) is 0 Å². The quantitative estimate of drug-likeness (QED) is 0.711. The van der Waals surface area contributed by atoms with E-state index in [9.17, 15) is 4.79 Å². The van der Waals surface area contributed by atoms with E-state index in [1.165, 1.54) is 0 Å². The Hall–Kier alpha value is -1.04. The number of hydrogen-bond acceptors (Lipinski definition) is 2. The summed E-state index contributed by atoms with van der Waals surface area (Å²) in [5, 5.41) is 8.92. The van der Waals surface area contributed by atoms with Gasteiger partial charge in [-0.15, -0.1) is 0 Å². The third-order valence-corrected chi connectivity index (χ3v) is 3.17. The van der Waals surface area contributed by atoms with E-state index in [0.29, 0.717) is 12.3 Å². The topological polar surface area (TPSA) is 44.1 Å². The lowest BCUT2D eigenvalue weighted by Crippen LogP contribution is -2.44. The number of rotatable bonds is 4. The van der Waals surface area contributed by atoms with Gasteiger partial charge in [-0.2, -0.15) is 5.26 Å². The molecule has 1 amide bonds. The van der Waals surface area contributed by atoms with Crippen molar-refractivity contribution >= 4 is 5.91 Å². The highest BCUT2D eigenvalue weighted by atomic mass is 16.2. The molecule has 1 rings (SSSR count).